The molecule has 0 spiro atoms. The van der Waals surface area contributed by atoms with Gasteiger partial charge in [0, 0.05) is 18.9 Å². The zero-order valence-electron chi connectivity index (χ0n) is 8.71. The second-order valence-electron chi connectivity index (χ2n) is 3.97. The van der Waals surface area contributed by atoms with Gasteiger partial charge in [-0.3, -0.25) is 4.79 Å². The van der Waals surface area contributed by atoms with Crippen LogP contribution >= 0.6 is 0 Å². The predicted octanol–water partition coefficient (Wildman–Crippen LogP) is 2.56. The molecule has 0 radical (unpaired) electrons. The first-order chi connectivity index (χ1) is 6.24. The van der Waals surface area contributed by atoms with Crippen molar-refractivity contribution in [1.29, 1.82) is 0 Å². The monoisotopic (exact) mass is 184 g/mol. The molecule has 0 aromatic heterocycles. The van der Waals surface area contributed by atoms with E-state index in [0.29, 0.717) is 12.2 Å². The Morgan fingerprint density at radius 3 is 2.85 bits per heavy atom. The molecular weight excluding hydrogens is 164 g/mol. The van der Waals surface area contributed by atoms with Crippen LogP contribution < -0.4 is 0 Å². The van der Waals surface area contributed by atoms with Gasteiger partial charge in [-0.05, 0) is 25.7 Å². The van der Waals surface area contributed by atoms with Crippen LogP contribution in [0.2, 0.25) is 0 Å². The Morgan fingerprint density at radius 2 is 2.31 bits per heavy atom. The zero-order valence-corrected chi connectivity index (χ0v) is 8.71. The SMILES string of the molecule is CCC(C)C(=O)CC1CCCCO1. The molecule has 2 atom stereocenters. The van der Waals surface area contributed by atoms with Crippen molar-refractivity contribution in [3.8, 4) is 0 Å². The molecule has 1 aliphatic heterocycles. The summed E-state index contributed by atoms with van der Waals surface area (Å²) in [4.78, 5) is 11.6. The lowest BCUT2D eigenvalue weighted by atomic mass is 9.96. The predicted molar refractivity (Wildman–Crippen MR) is 52.7 cm³/mol. The zero-order chi connectivity index (χ0) is 9.68. The normalized spacial score (nSPS) is 25.5. The van der Waals surface area contributed by atoms with E-state index in [1.807, 2.05) is 6.92 Å². The average Bonchev–Trinajstić information content (AvgIpc) is 2.18. The third kappa shape index (κ3) is 3.47. The van der Waals surface area contributed by atoms with Crippen molar-refractivity contribution < 1.29 is 9.53 Å². The molecule has 0 aliphatic carbocycles. The van der Waals surface area contributed by atoms with Crippen LogP contribution in [-0.2, 0) is 9.53 Å². The van der Waals surface area contributed by atoms with Gasteiger partial charge in [-0.25, -0.2) is 0 Å². The smallest absolute Gasteiger partial charge is 0.138 e. The summed E-state index contributed by atoms with van der Waals surface area (Å²) < 4.78 is 5.52. The number of carbonyl (C=O) groups is 1. The quantitative estimate of drug-likeness (QED) is 0.671. The van der Waals surface area contributed by atoms with E-state index in [1.54, 1.807) is 0 Å². The second kappa shape index (κ2) is 5.38. The van der Waals surface area contributed by atoms with Crippen molar-refractivity contribution in [3.63, 3.8) is 0 Å². The molecule has 0 amide bonds. The fraction of sp³-hybridized carbons (Fsp3) is 0.909. The molecule has 1 saturated heterocycles. The summed E-state index contributed by atoms with van der Waals surface area (Å²) in [6, 6.07) is 0. The van der Waals surface area contributed by atoms with E-state index in [1.165, 1.54) is 6.42 Å². The Morgan fingerprint density at radius 1 is 1.54 bits per heavy atom. The van der Waals surface area contributed by atoms with Gasteiger partial charge in [0.05, 0.1) is 6.10 Å². The minimum absolute atomic E-state index is 0.213. The average molecular weight is 184 g/mol. The Hall–Kier alpha value is -0.370. The lowest BCUT2D eigenvalue weighted by molar-refractivity contribution is -0.126. The first-order valence-corrected chi connectivity index (χ1v) is 5.38. The molecule has 0 saturated carbocycles. The Balaban J connectivity index is 2.26. The molecule has 1 aliphatic rings. The standard InChI is InChI=1S/C11H20O2/c1-3-9(2)11(12)8-10-6-4-5-7-13-10/h9-10H,3-8H2,1-2H3. The molecule has 2 heteroatoms. The Bertz CT molecular complexity index is 159. The molecule has 2 nitrogen and oxygen atoms in total. The van der Waals surface area contributed by atoms with Gasteiger partial charge in [-0.1, -0.05) is 13.8 Å². The molecule has 1 heterocycles. The van der Waals surface area contributed by atoms with E-state index in [2.05, 4.69) is 6.92 Å². The van der Waals surface area contributed by atoms with E-state index in [9.17, 15) is 4.79 Å². The van der Waals surface area contributed by atoms with Crippen molar-refractivity contribution in [2.24, 2.45) is 5.92 Å². The number of Topliss-reactive ketones (excluding diaryl/α,β-unsaturated/α-hetero) is 1. The Kier molecular flexibility index (Phi) is 4.43. The molecule has 1 fully saturated rings. The van der Waals surface area contributed by atoms with Crippen LogP contribution in [0.1, 0.15) is 46.0 Å². The lowest BCUT2D eigenvalue weighted by Crippen LogP contribution is -2.24. The Labute approximate surface area is 80.7 Å². The molecule has 0 N–H and O–H groups in total. The first-order valence-electron chi connectivity index (χ1n) is 5.38. The molecule has 0 bridgehead atoms. The maximum Gasteiger partial charge on any atom is 0.138 e. The van der Waals surface area contributed by atoms with E-state index in [-0.39, 0.29) is 12.0 Å². The number of ketones is 1. The summed E-state index contributed by atoms with van der Waals surface area (Å²) in [5, 5.41) is 0. The topological polar surface area (TPSA) is 26.3 Å². The van der Waals surface area contributed by atoms with Crippen molar-refractivity contribution in [2.45, 2.75) is 52.1 Å². The number of hydrogen-bond donors (Lipinski definition) is 0. The highest BCUT2D eigenvalue weighted by Gasteiger charge is 2.20. The van der Waals surface area contributed by atoms with Crippen LogP contribution in [0.3, 0.4) is 0 Å². The first kappa shape index (κ1) is 10.7. The third-order valence-electron chi connectivity index (χ3n) is 2.86. The molecule has 0 aromatic rings. The summed E-state index contributed by atoms with van der Waals surface area (Å²) >= 11 is 0. The number of hydrogen-bond acceptors (Lipinski definition) is 2. The van der Waals surface area contributed by atoms with E-state index < -0.39 is 0 Å². The summed E-state index contributed by atoms with van der Waals surface area (Å²) in [6.45, 7) is 4.91. The van der Waals surface area contributed by atoms with Crippen molar-refractivity contribution in [3.05, 3.63) is 0 Å². The van der Waals surface area contributed by atoms with E-state index in [0.717, 1.165) is 25.9 Å². The van der Waals surface area contributed by atoms with Gasteiger partial charge in [0.25, 0.3) is 0 Å². The molecular formula is C11H20O2. The summed E-state index contributed by atoms with van der Waals surface area (Å²) in [6.07, 6.45) is 5.25. The molecule has 0 aromatic carbocycles. The van der Waals surface area contributed by atoms with Gasteiger partial charge in [-0.15, -0.1) is 0 Å². The minimum Gasteiger partial charge on any atom is -0.378 e. The fourth-order valence-electron chi connectivity index (χ4n) is 1.62. The highest BCUT2D eigenvalue weighted by Crippen LogP contribution is 2.18. The lowest BCUT2D eigenvalue weighted by Gasteiger charge is -2.22. The molecule has 2 unspecified atom stereocenters. The second-order valence-corrected chi connectivity index (χ2v) is 3.97. The van der Waals surface area contributed by atoms with Crippen LogP contribution in [0.4, 0.5) is 0 Å². The fourth-order valence-corrected chi connectivity index (χ4v) is 1.62. The van der Waals surface area contributed by atoms with Crippen molar-refractivity contribution in [2.75, 3.05) is 6.61 Å². The van der Waals surface area contributed by atoms with Gasteiger partial charge in [0.15, 0.2) is 0 Å². The largest absolute Gasteiger partial charge is 0.378 e. The van der Waals surface area contributed by atoms with E-state index in [4.69, 9.17) is 4.74 Å². The van der Waals surface area contributed by atoms with Gasteiger partial charge in [-0.2, -0.15) is 0 Å². The summed E-state index contributed by atoms with van der Waals surface area (Å²) in [7, 11) is 0. The van der Waals surface area contributed by atoms with E-state index >= 15 is 0 Å². The van der Waals surface area contributed by atoms with Crippen molar-refractivity contribution >= 4 is 5.78 Å². The highest BCUT2D eigenvalue weighted by molar-refractivity contribution is 5.81. The van der Waals surface area contributed by atoms with Crippen LogP contribution in [0.15, 0.2) is 0 Å². The van der Waals surface area contributed by atoms with Crippen molar-refractivity contribution in [1.82, 2.24) is 0 Å². The number of ether oxygens (including phenoxy) is 1. The third-order valence-corrected chi connectivity index (χ3v) is 2.86. The minimum atomic E-state index is 0.213. The van der Waals surface area contributed by atoms with Gasteiger partial charge >= 0.3 is 0 Å². The molecule has 76 valence electrons. The van der Waals surface area contributed by atoms with Gasteiger partial charge < -0.3 is 4.74 Å². The van der Waals surface area contributed by atoms with Gasteiger partial charge in [0.2, 0.25) is 0 Å². The number of rotatable bonds is 4. The highest BCUT2D eigenvalue weighted by atomic mass is 16.5. The van der Waals surface area contributed by atoms with Gasteiger partial charge in [0.1, 0.15) is 5.78 Å². The molecule has 13 heavy (non-hydrogen) atoms. The molecule has 1 rings (SSSR count). The van der Waals surface area contributed by atoms with Crippen LogP contribution in [0, 0.1) is 5.92 Å². The summed E-state index contributed by atoms with van der Waals surface area (Å²) in [5.41, 5.74) is 0. The van der Waals surface area contributed by atoms with Crippen LogP contribution in [0.25, 0.3) is 0 Å². The number of carbonyl (C=O) groups excluding carboxylic acids is 1. The van der Waals surface area contributed by atoms with Crippen LogP contribution in [-0.4, -0.2) is 18.5 Å². The summed E-state index contributed by atoms with van der Waals surface area (Å²) in [5.74, 6) is 0.583. The van der Waals surface area contributed by atoms with Crippen LogP contribution in [0.5, 0.6) is 0 Å². The maximum atomic E-state index is 11.6. The maximum absolute atomic E-state index is 11.6.